The standard InChI is InChI=1S/C17H17BrN4O2S/c1-17-7-6-15(23)22(17)14(10-25-17)16(24)20-12-4-2-3-5-13(12)21-9-11(18)8-19-21/h2-5,8-9,14H,6-7,10H2,1H3,(H,20,24). The second-order valence-electron chi connectivity index (χ2n) is 6.38. The number of nitrogens with one attached hydrogen (secondary N) is 1. The normalized spacial score (nSPS) is 25.3. The van der Waals surface area contributed by atoms with Crippen LogP contribution < -0.4 is 5.32 Å². The zero-order valence-electron chi connectivity index (χ0n) is 13.6. The summed E-state index contributed by atoms with van der Waals surface area (Å²) in [5.74, 6) is 0.547. The number of rotatable bonds is 3. The number of hydrogen-bond acceptors (Lipinski definition) is 4. The lowest BCUT2D eigenvalue weighted by Crippen LogP contribution is -2.48. The van der Waals surface area contributed by atoms with Crippen LogP contribution in [0, 0.1) is 0 Å². The highest BCUT2D eigenvalue weighted by molar-refractivity contribution is 9.10. The van der Waals surface area contributed by atoms with Gasteiger partial charge in [-0.25, -0.2) is 4.68 Å². The number of aromatic nitrogens is 2. The fourth-order valence-electron chi connectivity index (χ4n) is 3.44. The van der Waals surface area contributed by atoms with Crippen LogP contribution >= 0.6 is 27.7 Å². The summed E-state index contributed by atoms with van der Waals surface area (Å²) in [5.41, 5.74) is 1.45. The molecule has 2 atom stereocenters. The minimum atomic E-state index is -0.428. The molecular formula is C17H17BrN4O2S. The van der Waals surface area contributed by atoms with Crippen LogP contribution in [0.5, 0.6) is 0 Å². The number of carbonyl (C=O) groups excluding carboxylic acids is 2. The van der Waals surface area contributed by atoms with E-state index in [0.717, 1.165) is 16.6 Å². The molecular weight excluding hydrogens is 404 g/mol. The van der Waals surface area contributed by atoms with Crippen LogP contribution in [0.25, 0.3) is 5.69 Å². The molecule has 8 heteroatoms. The Bertz CT molecular complexity index is 855. The van der Waals surface area contributed by atoms with Gasteiger partial charge in [0, 0.05) is 18.4 Å². The zero-order valence-corrected chi connectivity index (χ0v) is 16.0. The molecule has 1 N–H and O–H groups in total. The van der Waals surface area contributed by atoms with E-state index in [9.17, 15) is 9.59 Å². The van der Waals surface area contributed by atoms with Gasteiger partial charge >= 0.3 is 0 Å². The van der Waals surface area contributed by atoms with E-state index in [0.29, 0.717) is 17.9 Å². The Balaban J connectivity index is 1.59. The molecule has 130 valence electrons. The zero-order chi connectivity index (χ0) is 17.6. The first-order chi connectivity index (χ1) is 12.0. The van der Waals surface area contributed by atoms with Gasteiger partial charge in [-0.2, -0.15) is 5.10 Å². The number of hydrogen-bond donors (Lipinski definition) is 1. The van der Waals surface area contributed by atoms with Crippen molar-refractivity contribution in [3.8, 4) is 5.69 Å². The highest BCUT2D eigenvalue weighted by atomic mass is 79.9. The summed E-state index contributed by atoms with van der Waals surface area (Å²) in [5, 5.41) is 7.27. The summed E-state index contributed by atoms with van der Waals surface area (Å²) in [7, 11) is 0. The number of halogens is 1. The molecule has 25 heavy (non-hydrogen) atoms. The van der Waals surface area contributed by atoms with Crippen LogP contribution in [-0.2, 0) is 9.59 Å². The van der Waals surface area contributed by atoms with Gasteiger partial charge in [0.1, 0.15) is 6.04 Å². The van der Waals surface area contributed by atoms with Crippen molar-refractivity contribution < 1.29 is 9.59 Å². The summed E-state index contributed by atoms with van der Waals surface area (Å²) in [6.45, 7) is 2.05. The van der Waals surface area contributed by atoms with E-state index in [2.05, 4.69) is 26.3 Å². The molecule has 1 aromatic heterocycles. The maximum Gasteiger partial charge on any atom is 0.248 e. The van der Waals surface area contributed by atoms with Crippen molar-refractivity contribution in [1.29, 1.82) is 0 Å². The monoisotopic (exact) mass is 420 g/mol. The summed E-state index contributed by atoms with van der Waals surface area (Å²) in [4.78, 5) is 26.6. The summed E-state index contributed by atoms with van der Waals surface area (Å²) in [6, 6.07) is 7.07. The number of benzene rings is 1. The maximum absolute atomic E-state index is 12.9. The first-order valence-corrected chi connectivity index (χ1v) is 9.82. The van der Waals surface area contributed by atoms with E-state index < -0.39 is 6.04 Å². The van der Waals surface area contributed by atoms with Crippen LogP contribution in [0.15, 0.2) is 41.1 Å². The molecule has 2 unspecified atom stereocenters. The Morgan fingerprint density at radius 2 is 2.24 bits per heavy atom. The molecule has 1 aromatic carbocycles. The predicted octanol–water partition coefficient (Wildman–Crippen LogP) is 3.03. The quantitative estimate of drug-likeness (QED) is 0.828. The molecule has 2 aliphatic heterocycles. The third kappa shape index (κ3) is 2.87. The Kier molecular flexibility index (Phi) is 4.11. The van der Waals surface area contributed by atoms with Crippen molar-refractivity contribution in [3.05, 3.63) is 41.1 Å². The Morgan fingerprint density at radius 1 is 1.44 bits per heavy atom. The van der Waals surface area contributed by atoms with Crippen LogP contribution in [0.3, 0.4) is 0 Å². The number of thioether (sulfide) groups is 1. The van der Waals surface area contributed by atoms with E-state index in [1.165, 1.54) is 0 Å². The number of fused-ring (bicyclic) bond motifs is 1. The lowest BCUT2D eigenvalue weighted by molar-refractivity contribution is -0.135. The van der Waals surface area contributed by atoms with Crippen LogP contribution in [0.2, 0.25) is 0 Å². The molecule has 2 fully saturated rings. The van der Waals surface area contributed by atoms with Gasteiger partial charge in [-0.15, -0.1) is 11.8 Å². The molecule has 4 rings (SSSR count). The minimum absolute atomic E-state index is 0.0666. The highest BCUT2D eigenvalue weighted by Gasteiger charge is 2.52. The van der Waals surface area contributed by atoms with Crippen molar-refractivity contribution in [2.24, 2.45) is 0 Å². The molecule has 0 saturated carbocycles. The van der Waals surface area contributed by atoms with Crippen molar-refractivity contribution in [2.75, 3.05) is 11.1 Å². The molecule has 2 amide bonds. The summed E-state index contributed by atoms with van der Waals surface area (Å²) < 4.78 is 2.56. The smallest absolute Gasteiger partial charge is 0.248 e. The molecule has 2 aromatic rings. The van der Waals surface area contributed by atoms with Gasteiger partial charge in [0.25, 0.3) is 0 Å². The fourth-order valence-corrected chi connectivity index (χ4v) is 5.16. The second kappa shape index (κ2) is 6.17. The Morgan fingerprint density at radius 3 is 3.00 bits per heavy atom. The van der Waals surface area contributed by atoms with Crippen molar-refractivity contribution in [2.45, 2.75) is 30.7 Å². The lowest BCUT2D eigenvalue weighted by atomic mass is 10.2. The average molecular weight is 421 g/mol. The van der Waals surface area contributed by atoms with Gasteiger partial charge in [-0.3, -0.25) is 9.59 Å². The number of carbonyl (C=O) groups is 2. The Labute approximate surface area is 158 Å². The SMILES string of the molecule is CC12CCC(=O)N1C(C(=O)Nc1ccccc1-n1cc(Br)cn1)CS2. The van der Waals surface area contributed by atoms with Crippen LogP contribution in [0.4, 0.5) is 5.69 Å². The van der Waals surface area contributed by atoms with Crippen molar-refractivity contribution in [1.82, 2.24) is 14.7 Å². The number of anilines is 1. The van der Waals surface area contributed by atoms with Crippen molar-refractivity contribution in [3.63, 3.8) is 0 Å². The van der Waals surface area contributed by atoms with Crippen LogP contribution in [0.1, 0.15) is 19.8 Å². The molecule has 6 nitrogen and oxygen atoms in total. The lowest BCUT2D eigenvalue weighted by Gasteiger charge is -2.30. The first kappa shape index (κ1) is 16.7. The molecule has 0 aliphatic carbocycles. The van der Waals surface area contributed by atoms with Gasteiger partial charge in [-0.05, 0) is 41.4 Å². The molecule has 0 radical (unpaired) electrons. The predicted molar refractivity (Wildman–Crippen MR) is 101 cm³/mol. The summed E-state index contributed by atoms with van der Waals surface area (Å²) >= 11 is 5.07. The van der Waals surface area contributed by atoms with E-state index in [4.69, 9.17) is 0 Å². The van der Waals surface area contributed by atoms with Gasteiger partial charge in [0.05, 0.1) is 26.9 Å². The molecule has 3 heterocycles. The van der Waals surface area contributed by atoms with Gasteiger partial charge < -0.3 is 10.2 Å². The highest BCUT2D eigenvalue weighted by Crippen LogP contribution is 2.47. The average Bonchev–Trinajstić information content (AvgIpc) is 3.24. The second-order valence-corrected chi connectivity index (χ2v) is 8.79. The third-order valence-electron chi connectivity index (χ3n) is 4.71. The van der Waals surface area contributed by atoms with E-state index in [-0.39, 0.29) is 16.7 Å². The number of para-hydroxylation sites is 2. The van der Waals surface area contributed by atoms with Crippen molar-refractivity contribution >= 4 is 45.2 Å². The van der Waals surface area contributed by atoms with Gasteiger partial charge in [0.15, 0.2) is 0 Å². The molecule has 2 aliphatic rings. The first-order valence-electron chi connectivity index (χ1n) is 8.04. The van der Waals surface area contributed by atoms with Gasteiger partial charge in [0.2, 0.25) is 11.8 Å². The third-order valence-corrected chi connectivity index (χ3v) is 6.62. The minimum Gasteiger partial charge on any atom is -0.322 e. The molecule has 0 spiro atoms. The number of nitrogens with zero attached hydrogens (tertiary/aromatic N) is 3. The largest absolute Gasteiger partial charge is 0.322 e. The van der Waals surface area contributed by atoms with Gasteiger partial charge in [-0.1, -0.05) is 12.1 Å². The Hall–Kier alpha value is -1.80. The fraction of sp³-hybridized carbons (Fsp3) is 0.353. The molecule has 2 saturated heterocycles. The van der Waals surface area contributed by atoms with E-state index in [1.54, 1.807) is 27.5 Å². The van der Waals surface area contributed by atoms with E-state index >= 15 is 0 Å². The summed E-state index contributed by atoms with van der Waals surface area (Å²) in [6.07, 6.45) is 4.85. The topological polar surface area (TPSA) is 67.2 Å². The van der Waals surface area contributed by atoms with Crippen LogP contribution in [-0.4, -0.2) is 43.2 Å². The number of amides is 2. The molecule has 0 bridgehead atoms. The van der Waals surface area contributed by atoms with E-state index in [1.807, 2.05) is 37.4 Å². The maximum atomic E-state index is 12.9.